The Labute approximate surface area is 102 Å². The van der Waals surface area contributed by atoms with Crippen LogP contribution >= 0.6 is 0 Å². The molecule has 0 amide bonds. The Morgan fingerprint density at radius 3 is 2.47 bits per heavy atom. The van der Waals surface area contributed by atoms with Crippen molar-refractivity contribution in [1.29, 1.82) is 0 Å². The fraction of sp³-hybridized carbons (Fsp3) is 0.385. The Balaban J connectivity index is 1.91. The van der Waals surface area contributed by atoms with E-state index in [1.807, 2.05) is 12.1 Å². The number of quaternary nitrogens is 1. The van der Waals surface area contributed by atoms with Crippen LogP contribution in [-0.4, -0.2) is 43.3 Å². The number of piperazine rings is 1. The van der Waals surface area contributed by atoms with Crippen LogP contribution in [0.2, 0.25) is 0 Å². The van der Waals surface area contributed by atoms with Crippen LogP contribution in [0.25, 0.3) is 5.70 Å². The number of phenolic OH excluding ortho intramolecular Hbond substituents is 1. The maximum Gasteiger partial charge on any atom is 0.115 e. The second-order valence-electron chi connectivity index (χ2n) is 4.58. The minimum atomic E-state index is 0.282. The highest BCUT2D eigenvalue weighted by molar-refractivity contribution is 5.61. The first kappa shape index (κ1) is 12.0. The summed E-state index contributed by atoms with van der Waals surface area (Å²) < 4.78 is 0. The summed E-state index contributed by atoms with van der Waals surface area (Å²) in [6.45, 7) is 8.39. The molecule has 0 saturated carbocycles. The van der Waals surface area contributed by atoms with Crippen molar-refractivity contribution >= 4 is 5.70 Å². The maximum absolute atomic E-state index is 9.23. The zero-order valence-corrected chi connectivity index (χ0v) is 10.2. The topological polar surface area (TPSA) is 39.9 Å². The number of phenols is 1. The summed E-state index contributed by atoms with van der Waals surface area (Å²) in [5, 5.41) is 11.4. The van der Waals surface area contributed by atoms with Gasteiger partial charge in [-0.25, -0.2) is 5.01 Å². The monoisotopic (exact) mass is 234 g/mol. The molecular formula is C13H20N3O+. The van der Waals surface area contributed by atoms with Gasteiger partial charge in [-0.1, -0.05) is 6.58 Å². The van der Waals surface area contributed by atoms with Gasteiger partial charge in [0, 0.05) is 5.70 Å². The van der Waals surface area contributed by atoms with E-state index in [0.717, 1.165) is 37.4 Å². The van der Waals surface area contributed by atoms with Crippen molar-refractivity contribution in [3.05, 3.63) is 36.4 Å². The third-order valence-corrected chi connectivity index (χ3v) is 3.13. The van der Waals surface area contributed by atoms with Gasteiger partial charge >= 0.3 is 0 Å². The number of hydrogen-bond donors (Lipinski definition) is 3. The summed E-state index contributed by atoms with van der Waals surface area (Å²) in [7, 11) is 2.21. The van der Waals surface area contributed by atoms with E-state index in [4.69, 9.17) is 0 Å². The van der Waals surface area contributed by atoms with E-state index in [2.05, 4.69) is 24.1 Å². The van der Waals surface area contributed by atoms with Crippen molar-refractivity contribution in [2.75, 3.05) is 33.2 Å². The van der Waals surface area contributed by atoms with Crippen molar-refractivity contribution in [2.24, 2.45) is 0 Å². The number of hydrogen-bond acceptors (Lipinski definition) is 3. The predicted molar refractivity (Wildman–Crippen MR) is 68.5 cm³/mol. The van der Waals surface area contributed by atoms with Crippen LogP contribution in [0.4, 0.5) is 0 Å². The van der Waals surface area contributed by atoms with E-state index in [-0.39, 0.29) is 5.75 Å². The van der Waals surface area contributed by atoms with Gasteiger partial charge in [-0.15, -0.1) is 0 Å². The molecule has 92 valence electrons. The first-order valence-corrected chi connectivity index (χ1v) is 5.96. The summed E-state index contributed by atoms with van der Waals surface area (Å²) in [6, 6.07) is 7.09. The largest absolute Gasteiger partial charge is 0.508 e. The number of rotatable bonds is 3. The van der Waals surface area contributed by atoms with Crippen molar-refractivity contribution < 1.29 is 10.0 Å². The molecule has 1 aromatic rings. The van der Waals surface area contributed by atoms with Crippen molar-refractivity contribution in [3.63, 3.8) is 0 Å². The number of nitrogens with one attached hydrogen (secondary N) is 2. The molecule has 1 aliphatic heterocycles. The standard InChI is InChI=1S/C13H19N3O/c1-11(12-3-5-13(17)6-4-12)14-16-9-7-15(2)8-10-16/h3-6,14,17H,1,7-10H2,2H3/p+1. The summed E-state index contributed by atoms with van der Waals surface area (Å²) in [6.07, 6.45) is 0. The van der Waals surface area contributed by atoms with Gasteiger partial charge < -0.3 is 15.4 Å². The molecule has 0 aromatic heterocycles. The van der Waals surface area contributed by atoms with Crippen molar-refractivity contribution in [2.45, 2.75) is 0 Å². The lowest BCUT2D eigenvalue weighted by Gasteiger charge is -2.31. The average Bonchev–Trinajstić information content (AvgIpc) is 2.33. The lowest BCUT2D eigenvalue weighted by atomic mass is 10.2. The minimum Gasteiger partial charge on any atom is -0.508 e. The molecule has 1 heterocycles. The number of benzene rings is 1. The Morgan fingerprint density at radius 1 is 1.29 bits per heavy atom. The number of hydrazine groups is 1. The third-order valence-electron chi connectivity index (χ3n) is 3.13. The van der Waals surface area contributed by atoms with Gasteiger partial charge in [0.05, 0.1) is 33.2 Å². The Bertz CT molecular complexity index is 380. The van der Waals surface area contributed by atoms with Gasteiger partial charge in [0.15, 0.2) is 0 Å². The minimum absolute atomic E-state index is 0.282. The van der Waals surface area contributed by atoms with Crippen LogP contribution in [-0.2, 0) is 0 Å². The van der Waals surface area contributed by atoms with Crippen LogP contribution in [0, 0.1) is 0 Å². The van der Waals surface area contributed by atoms with Gasteiger partial charge in [-0.2, -0.15) is 0 Å². The van der Waals surface area contributed by atoms with Crippen molar-refractivity contribution in [1.82, 2.24) is 10.4 Å². The van der Waals surface area contributed by atoms with Crippen LogP contribution in [0.15, 0.2) is 30.8 Å². The van der Waals surface area contributed by atoms with Gasteiger partial charge in [0.1, 0.15) is 5.75 Å². The average molecular weight is 234 g/mol. The zero-order valence-electron chi connectivity index (χ0n) is 10.2. The van der Waals surface area contributed by atoms with Crippen LogP contribution in [0.3, 0.4) is 0 Å². The third kappa shape index (κ3) is 3.22. The van der Waals surface area contributed by atoms with Crippen molar-refractivity contribution in [3.8, 4) is 5.75 Å². The quantitative estimate of drug-likeness (QED) is 0.672. The summed E-state index contributed by atoms with van der Waals surface area (Å²) in [4.78, 5) is 1.57. The Kier molecular flexibility index (Phi) is 3.66. The molecule has 1 aromatic carbocycles. The zero-order chi connectivity index (χ0) is 12.3. The predicted octanol–water partition coefficient (Wildman–Crippen LogP) is -0.302. The first-order chi connectivity index (χ1) is 8.15. The maximum atomic E-state index is 9.23. The molecule has 3 N–H and O–H groups in total. The molecule has 4 heteroatoms. The highest BCUT2D eigenvalue weighted by Gasteiger charge is 2.16. The Morgan fingerprint density at radius 2 is 1.88 bits per heavy atom. The highest BCUT2D eigenvalue weighted by atomic mass is 16.3. The molecule has 1 fully saturated rings. The first-order valence-electron chi connectivity index (χ1n) is 5.96. The van der Waals surface area contributed by atoms with E-state index >= 15 is 0 Å². The normalized spacial score (nSPS) is 17.9. The van der Waals surface area contributed by atoms with E-state index in [9.17, 15) is 5.11 Å². The molecule has 0 radical (unpaired) electrons. The SMILES string of the molecule is C=C(NN1CC[NH+](C)CC1)c1ccc(O)cc1. The fourth-order valence-corrected chi connectivity index (χ4v) is 1.92. The highest BCUT2D eigenvalue weighted by Crippen LogP contribution is 2.14. The fourth-order valence-electron chi connectivity index (χ4n) is 1.92. The summed E-state index contributed by atoms with van der Waals surface area (Å²) in [5.41, 5.74) is 5.21. The van der Waals surface area contributed by atoms with E-state index in [1.165, 1.54) is 0 Å². The number of likely N-dealkylation sites (N-methyl/N-ethyl adjacent to an activating group) is 1. The number of nitrogens with zero attached hydrogens (tertiary/aromatic N) is 1. The second-order valence-corrected chi connectivity index (χ2v) is 4.58. The lowest BCUT2D eigenvalue weighted by molar-refractivity contribution is -0.884. The lowest BCUT2D eigenvalue weighted by Crippen LogP contribution is -3.12. The smallest absolute Gasteiger partial charge is 0.115 e. The molecule has 0 aliphatic carbocycles. The molecule has 17 heavy (non-hydrogen) atoms. The summed E-state index contributed by atoms with van der Waals surface area (Å²) >= 11 is 0. The molecular weight excluding hydrogens is 214 g/mol. The van der Waals surface area contributed by atoms with E-state index in [1.54, 1.807) is 17.0 Å². The molecule has 0 unspecified atom stereocenters. The van der Waals surface area contributed by atoms with Gasteiger partial charge in [0.25, 0.3) is 0 Å². The number of aromatic hydroxyl groups is 1. The molecule has 1 aliphatic rings. The van der Waals surface area contributed by atoms with Gasteiger partial charge in [-0.3, -0.25) is 0 Å². The van der Waals surface area contributed by atoms with Crippen LogP contribution in [0.5, 0.6) is 5.75 Å². The molecule has 1 saturated heterocycles. The van der Waals surface area contributed by atoms with Crippen LogP contribution < -0.4 is 10.3 Å². The Hall–Kier alpha value is -1.52. The van der Waals surface area contributed by atoms with Gasteiger partial charge in [-0.05, 0) is 29.8 Å². The van der Waals surface area contributed by atoms with Gasteiger partial charge in [0.2, 0.25) is 0 Å². The van der Waals surface area contributed by atoms with E-state index < -0.39 is 0 Å². The second kappa shape index (κ2) is 5.21. The molecule has 0 spiro atoms. The van der Waals surface area contributed by atoms with E-state index in [0.29, 0.717) is 0 Å². The molecule has 0 bridgehead atoms. The molecule has 0 atom stereocenters. The molecule has 2 rings (SSSR count). The summed E-state index contributed by atoms with van der Waals surface area (Å²) in [5.74, 6) is 0.282. The van der Waals surface area contributed by atoms with Crippen LogP contribution in [0.1, 0.15) is 5.56 Å². The molecule has 4 nitrogen and oxygen atoms in total.